The lowest BCUT2D eigenvalue weighted by Crippen LogP contribution is -2.00. The summed E-state index contributed by atoms with van der Waals surface area (Å²) in [7, 11) is 1.64. The predicted molar refractivity (Wildman–Crippen MR) is 124 cm³/mol. The molecule has 0 fully saturated rings. The molecular formula is C25H18FN3OS. The Morgan fingerprint density at radius 1 is 0.806 bits per heavy atom. The Morgan fingerprint density at radius 2 is 1.55 bits per heavy atom. The summed E-state index contributed by atoms with van der Waals surface area (Å²) < 4.78 is 19.1. The number of anilines is 2. The lowest BCUT2D eigenvalue weighted by Gasteiger charge is -2.13. The number of fused-ring (bicyclic) bond motifs is 2. The van der Waals surface area contributed by atoms with E-state index in [1.54, 1.807) is 19.2 Å². The Balaban J connectivity index is 1.64. The van der Waals surface area contributed by atoms with Crippen molar-refractivity contribution in [1.29, 1.82) is 0 Å². The van der Waals surface area contributed by atoms with E-state index in [4.69, 9.17) is 14.7 Å². The van der Waals surface area contributed by atoms with Gasteiger partial charge in [-0.15, -0.1) is 0 Å². The topological polar surface area (TPSA) is 47.0 Å². The van der Waals surface area contributed by atoms with Crippen molar-refractivity contribution in [3.63, 3.8) is 0 Å². The molecule has 0 aliphatic heterocycles. The second-order valence-electron chi connectivity index (χ2n) is 6.98. The molecule has 1 N–H and O–H groups in total. The Labute approximate surface area is 183 Å². The van der Waals surface area contributed by atoms with Gasteiger partial charge in [0.25, 0.3) is 0 Å². The molecule has 0 unspecified atom stereocenters. The monoisotopic (exact) mass is 427 g/mol. The Morgan fingerprint density at radius 3 is 2.29 bits per heavy atom. The maximum Gasteiger partial charge on any atom is 0.164 e. The van der Waals surface area contributed by atoms with Crippen molar-refractivity contribution in [3.05, 3.63) is 90.7 Å². The molecule has 1 aromatic heterocycles. The lowest BCUT2D eigenvalue weighted by atomic mass is 10.1. The zero-order valence-electron chi connectivity index (χ0n) is 16.7. The summed E-state index contributed by atoms with van der Waals surface area (Å²) in [6.07, 6.45) is 0. The molecule has 1 heterocycles. The van der Waals surface area contributed by atoms with Gasteiger partial charge in [0.05, 0.1) is 18.1 Å². The summed E-state index contributed by atoms with van der Waals surface area (Å²) in [6.45, 7) is 0. The Kier molecular flexibility index (Phi) is 5.14. The van der Waals surface area contributed by atoms with Crippen LogP contribution in [0.15, 0.2) is 94.9 Å². The molecule has 5 aromatic rings. The van der Waals surface area contributed by atoms with Crippen LogP contribution in [0.3, 0.4) is 0 Å². The molecule has 31 heavy (non-hydrogen) atoms. The molecule has 4 nitrogen and oxygen atoms in total. The molecular weight excluding hydrogens is 409 g/mol. The van der Waals surface area contributed by atoms with Crippen molar-refractivity contribution >= 4 is 45.1 Å². The van der Waals surface area contributed by atoms with E-state index in [9.17, 15) is 4.39 Å². The summed E-state index contributed by atoms with van der Waals surface area (Å²) >= 11 is 1.48. The number of nitrogens with one attached hydrogen (secondary N) is 1. The summed E-state index contributed by atoms with van der Waals surface area (Å²) in [5, 5.41) is 6.13. The van der Waals surface area contributed by atoms with Crippen molar-refractivity contribution in [2.24, 2.45) is 0 Å². The van der Waals surface area contributed by atoms with Crippen molar-refractivity contribution in [1.82, 2.24) is 9.97 Å². The van der Waals surface area contributed by atoms with Gasteiger partial charge < -0.3 is 10.1 Å². The van der Waals surface area contributed by atoms with Gasteiger partial charge >= 0.3 is 0 Å². The van der Waals surface area contributed by atoms with Gasteiger partial charge in [-0.1, -0.05) is 48.2 Å². The molecule has 6 heteroatoms. The number of benzene rings is 4. The van der Waals surface area contributed by atoms with Crippen LogP contribution in [0.4, 0.5) is 15.9 Å². The standard InChI is InChI=1S/C25H18FN3OS/c1-30-20-10-5-11-21(15-20)31-25-24(27-19-9-4-8-18(26)14-19)28-22-12-16-6-2-3-7-17(16)13-23(22)29-25/h2-15H,1H3,(H,27,28). The molecule has 0 atom stereocenters. The van der Waals surface area contributed by atoms with E-state index < -0.39 is 0 Å². The molecule has 0 spiro atoms. The highest BCUT2D eigenvalue weighted by molar-refractivity contribution is 7.99. The average Bonchev–Trinajstić information content (AvgIpc) is 2.78. The summed E-state index contributed by atoms with van der Waals surface area (Å²) in [4.78, 5) is 10.7. The zero-order valence-corrected chi connectivity index (χ0v) is 17.5. The maximum absolute atomic E-state index is 13.7. The lowest BCUT2D eigenvalue weighted by molar-refractivity contribution is 0.413. The molecule has 152 valence electrons. The highest BCUT2D eigenvalue weighted by Gasteiger charge is 2.13. The first kappa shape index (κ1) is 19.3. The molecule has 0 aliphatic rings. The largest absolute Gasteiger partial charge is 0.497 e. The van der Waals surface area contributed by atoms with Gasteiger partial charge in [0, 0.05) is 10.6 Å². The fourth-order valence-electron chi connectivity index (χ4n) is 3.36. The molecule has 5 rings (SSSR count). The van der Waals surface area contributed by atoms with Gasteiger partial charge in [0.2, 0.25) is 0 Å². The van der Waals surface area contributed by atoms with E-state index in [2.05, 4.69) is 17.4 Å². The van der Waals surface area contributed by atoms with Crippen LogP contribution in [-0.4, -0.2) is 17.1 Å². The van der Waals surface area contributed by atoms with E-state index in [0.717, 1.165) is 32.5 Å². The van der Waals surface area contributed by atoms with Crippen LogP contribution in [0, 0.1) is 5.82 Å². The zero-order chi connectivity index (χ0) is 21.2. The van der Waals surface area contributed by atoms with Crippen molar-refractivity contribution in [2.45, 2.75) is 9.92 Å². The van der Waals surface area contributed by atoms with Crippen LogP contribution in [0.2, 0.25) is 0 Å². The van der Waals surface area contributed by atoms with Gasteiger partial charge in [0.1, 0.15) is 16.6 Å². The minimum atomic E-state index is -0.313. The van der Waals surface area contributed by atoms with Crippen molar-refractivity contribution < 1.29 is 9.13 Å². The summed E-state index contributed by atoms with van der Waals surface area (Å²) in [5.41, 5.74) is 2.18. The number of halogens is 1. The number of ether oxygens (including phenoxy) is 1. The van der Waals surface area contributed by atoms with Gasteiger partial charge in [-0.3, -0.25) is 0 Å². The van der Waals surface area contributed by atoms with E-state index in [1.165, 1.54) is 23.9 Å². The van der Waals surface area contributed by atoms with Crippen LogP contribution >= 0.6 is 11.8 Å². The van der Waals surface area contributed by atoms with Crippen LogP contribution in [-0.2, 0) is 0 Å². The molecule has 0 bridgehead atoms. The minimum absolute atomic E-state index is 0.313. The molecule has 0 radical (unpaired) electrons. The fraction of sp³-hybridized carbons (Fsp3) is 0.0400. The summed E-state index contributed by atoms with van der Waals surface area (Å²) in [6, 6.07) is 26.3. The number of aromatic nitrogens is 2. The minimum Gasteiger partial charge on any atom is -0.497 e. The van der Waals surface area contributed by atoms with Gasteiger partial charge in [0.15, 0.2) is 5.82 Å². The second-order valence-corrected chi connectivity index (χ2v) is 8.04. The van der Waals surface area contributed by atoms with Crippen LogP contribution in [0.1, 0.15) is 0 Å². The third-order valence-corrected chi connectivity index (χ3v) is 5.81. The number of hydrogen-bond donors (Lipinski definition) is 1. The van der Waals surface area contributed by atoms with E-state index >= 15 is 0 Å². The first-order valence-corrected chi connectivity index (χ1v) is 10.5. The van der Waals surface area contributed by atoms with E-state index in [1.807, 2.05) is 48.5 Å². The van der Waals surface area contributed by atoms with Gasteiger partial charge in [-0.05, 0) is 59.3 Å². The SMILES string of the molecule is COc1cccc(Sc2nc3cc4ccccc4cc3nc2Nc2cccc(F)c2)c1. The van der Waals surface area contributed by atoms with Crippen LogP contribution in [0.25, 0.3) is 21.8 Å². The maximum atomic E-state index is 13.7. The first-order chi connectivity index (χ1) is 15.2. The molecule has 0 aliphatic carbocycles. The van der Waals surface area contributed by atoms with Gasteiger partial charge in [-0.2, -0.15) is 0 Å². The third-order valence-electron chi connectivity index (χ3n) is 4.84. The number of nitrogens with zero attached hydrogens (tertiary/aromatic N) is 2. The molecule has 0 saturated heterocycles. The van der Waals surface area contributed by atoms with E-state index in [-0.39, 0.29) is 5.82 Å². The fourth-order valence-corrected chi connectivity index (χ4v) is 4.24. The van der Waals surface area contributed by atoms with Crippen molar-refractivity contribution in [2.75, 3.05) is 12.4 Å². The van der Waals surface area contributed by atoms with Crippen LogP contribution in [0.5, 0.6) is 5.75 Å². The quantitative estimate of drug-likeness (QED) is 0.312. The van der Waals surface area contributed by atoms with Gasteiger partial charge in [-0.25, -0.2) is 14.4 Å². The third kappa shape index (κ3) is 4.15. The molecule has 0 saturated carbocycles. The smallest absolute Gasteiger partial charge is 0.164 e. The number of rotatable bonds is 5. The molecule has 4 aromatic carbocycles. The molecule has 0 amide bonds. The highest BCUT2D eigenvalue weighted by atomic mass is 32.2. The second kappa shape index (κ2) is 8.24. The predicted octanol–water partition coefficient (Wildman–Crippen LogP) is 6.83. The number of hydrogen-bond acceptors (Lipinski definition) is 5. The van der Waals surface area contributed by atoms with Crippen molar-refractivity contribution in [3.8, 4) is 5.75 Å². The van der Waals surface area contributed by atoms with E-state index in [0.29, 0.717) is 16.5 Å². The Hall–Kier alpha value is -3.64. The Bertz CT molecular complexity index is 1410. The number of methoxy groups -OCH3 is 1. The summed E-state index contributed by atoms with van der Waals surface area (Å²) in [5.74, 6) is 1.03. The normalized spacial score (nSPS) is 11.0. The highest BCUT2D eigenvalue weighted by Crippen LogP contribution is 2.36. The first-order valence-electron chi connectivity index (χ1n) is 9.73. The average molecular weight is 428 g/mol. The van der Waals surface area contributed by atoms with Crippen LogP contribution < -0.4 is 10.1 Å².